The van der Waals surface area contributed by atoms with E-state index >= 15 is 0 Å². The smallest absolute Gasteiger partial charge is 0.326 e. The van der Waals surface area contributed by atoms with Gasteiger partial charge in [-0.2, -0.15) is 0 Å². The number of hydrogen-bond acceptors (Lipinski definition) is 8. The quantitative estimate of drug-likeness (QED) is 0.0606. The van der Waals surface area contributed by atoms with Crippen LogP contribution < -0.4 is 27.8 Å². The number of likely N-dealkylation sites (tertiary alicyclic amines) is 1. The number of aliphatic imine (C=N–C) groups is 1. The maximum atomic E-state index is 13.0. The number of carboxylic acid groups (broad SMARTS) is 3. The van der Waals surface area contributed by atoms with Crippen LogP contribution in [0, 0.1) is 0 Å². The van der Waals surface area contributed by atoms with Crippen molar-refractivity contribution in [2.24, 2.45) is 22.2 Å². The molecule has 0 saturated carbocycles. The van der Waals surface area contributed by atoms with E-state index in [0.717, 1.165) is 4.90 Å². The maximum Gasteiger partial charge on any atom is 0.326 e. The van der Waals surface area contributed by atoms with Crippen molar-refractivity contribution in [1.29, 1.82) is 0 Å². The first kappa shape index (κ1) is 30.1. The maximum absolute atomic E-state index is 13.0. The second-order valence-electron chi connectivity index (χ2n) is 8.24. The van der Waals surface area contributed by atoms with Crippen molar-refractivity contribution in [3.63, 3.8) is 0 Å². The normalized spacial score (nSPS) is 17.4. The number of guanidine groups is 1. The van der Waals surface area contributed by atoms with Gasteiger partial charge in [-0.1, -0.05) is 0 Å². The summed E-state index contributed by atoms with van der Waals surface area (Å²) >= 11 is 0. The predicted octanol–water partition coefficient (Wildman–Crippen LogP) is -3.25. The molecule has 0 aliphatic carbocycles. The monoisotopic (exact) mass is 515 g/mol. The van der Waals surface area contributed by atoms with Gasteiger partial charge in [0, 0.05) is 19.5 Å². The van der Waals surface area contributed by atoms with E-state index in [1.807, 2.05) is 0 Å². The summed E-state index contributed by atoms with van der Waals surface area (Å²) in [5.41, 5.74) is 16.2. The molecule has 3 amide bonds. The number of aliphatic carboxylic acids is 3. The number of amides is 3. The Kier molecular flexibility index (Phi) is 12.1. The van der Waals surface area contributed by atoms with Crippen LogP contribution in [0.15, 0.2) is 4.99 Å². The van der Waals surface area contributed by atoms with Gasteiger partial charge < -0.3 is 48.1 Å². The van der Waals surface area contributed by atoms with Crippen LogP contribution in [0.5, 0.6) is 0 Å². The van der Waals surface area contributed by atoms with Gasteiger partial charge in [-0.3, -0.25) is 29.0 Å². The summed E-state index contributed by atoms with van der Waals surface area (Å²) < 4.78 is 0. The van der Waals surface area contributed by atoms with Gasteiger partial charge in [0.2, 0.25) is 17.7 Å². The highest BCUT2D eigenvalue weighted by atomic mass is 16.4. The van der Waals surface area contributed by atoms with E-state index in [4.69, 9.17) is 27.4 Å². The fourth-order valence-corrected chi connectivity index (χ4v) is 3.63. The number of nitrogens with two attached hydrogens (primary N) is 3. The van der Waals surface area contributed by atoms with E-state index in [0.29, 0.717) is 6.42 Å². The van der Waals surface area contributed by atoms with Crippen molar-refractivity contribution >= 4 is 41.6 Å². The van der Waals surface area contributed by atoms with Crippen LogP contribution in [0.4, 0.5) is 0 Å². The molecule has 0 spiro atoms. The summed E-state index contributed by atoms with van der Waals surface area (Å²) in [5.74, 6) is -6.45. The third-order valence-electron chi connectivity index (χ3n) is 5.39. The third kappa shape index (κ3) is 10.1. The van der Waals surface area contributed by atoms with Gasteiger partial charge in [0.1, 0.15) is 18.1 Å². The Labute approximate surface area is 206 Å². The fraction of sp³-hybridized carbons (Fsp3) is 0.650. The van der Waals surface area contributed by atoms with E-state index in [-0.39, 0.29) is 44.7 Å². The van der Waals surface area contributed by atoms with Crippen molar-refractivity contribution in [1.82, 2.24) is 15.5 Å². The zero-order chi connectivity index (χ0) is 27.4. The molecule has 0 aromatic heterocycles. The Balaban J connectivity index is 2.97. The molecule has 0 bridgehead atoms. The molecule has 1 fully saturated rings. The van der Waals surface area contributed by atoms with Crippen molar-refractivity contribution < 1.29 is 44.1 Å². The molecule has 1 aliphatic rings. The molecule has 1 aliphatic heterocycles. The molecule has 0 aromatic rings. The van der Waals surface area contributed by atoms with Crippen LogP contribution in [0.3, 0.4) is 0 Å². The van der Waals surface area contributed by atoms with Gasteiger partial charge in [0.25, 0.3) is 0 Å². The minimum Gasteiger partial charge on any atom is -0.481 e. The van der Waals surface area contributed by atoms with Crippen LogP contribution in [0.1, 0.15) is 44.9 Å². The van der Waals surface area contributed by atoms with Crippen LogP contribution in [-0.2, 0) is 28.8 Å². The highest BCUT2D eigenvalue weighted by molar-refractivity contribution is 5.95. The first-order chi connectivity index (χ1) is 16.8. The average Bonchev–Trinajstić information content (AvgIpc) is 3.26. The van der Waals surface area contributed by atoms with Crippen LogP contribution in [-0.4, -0.2) is 99.1 Å². The molecule has 1 heterocycles. The zero-order valence-corrected chi connectivity index (χ0v) is 19.6. The van der Waals surface area contributed by atoms with E-state index in [1.54, 1.807) is 0 Å². The van der Waals surface area contributed by atoms with E-state index < -0.39 is 72.6 Å². The lowest BCUT2D eigenvalue weighted by Gasteiger charge is -2.28. The second-order valence-corrected chi connectivity index (χ2v) is 8.24. The lowest BCUT2D eigenvalue weighted by Crippen LogP contribution is -2.56. The molecule has 202 valence electrons. The fourth-order valence-electron chi connectivity index (χ4n) is 3.63. The molecule has 4 atom stereocenters. The molecule has 36 heavy (non-hydrogen) atoms. The molecule has 4 unspecified atom stereocenters. The summed E-state index contributed by atoms with van der Waals surface area (Å²) in [6.07, 6.45) is -0.589. The van der Waals surface area contributed by atoms with Crippen LogP contribution >= 0.6 is 0 Å². The molecular weight excluding hydrogens is 482 g/mol. The van der Waals surface area contributed by atoms with E-state index in [2.05, 4.69) is 15.6 Å². The van der Waals surface area contributed by atoms with Crippen molar-refractivity contribution in [3.8, 4) is 0 Å². The minimum atomic E-state index is -1.51. The number of carbonyl (C=O) groups is 6. The molecule has 0 radical (unpaired) electrons. The molecule has 1 saturated heterocycles. The molecule has 11 N–H and O–H groups in total. The topological polar surface area (TPSA) is 281 Å². The lowest BCUT2D eigenvalue weighted by atomic mass is 10.1. The number of nitrogens with zero attached hydrogens (tertiary/aromatic N) is 2. The Morgan fingerprint density at radius 2 is 1.64 bits per heavy atom. The zero-order valence-electron chi connectivity index (χ0n) is 19.6. The molecule has 0 aromatic carbocycles. The number of rotatable bonds is 15. The summed E-state index contributed by atoms with van der Waals surface area (Å²) in [6, 6.07) is -5.11. The summed E-state index contributed by atoms with van der Waals surface area (Å²) in [7, 11) is 0. The predicted molar refractivity (Wildman–Crippen MR) is 123 cm³/mol. The van der Waals surface area contributed by atoms with Gasteiger partial charge in [-0.25, -0.2) is 4.79 Å². The second kappa shape index (κ2) is 14.4. The summed E-state index contributed by atoms with van der Waals surface area (Å²) in [5, 5.41) is 31.7. The first-order valence-corrected chi connectivity index (χ1v) is 11.2. The van der Waals surface area contributed by atoms with Crippen molar-refractivity contribution in [2.75, 3.05) is 13.1 Å². The highest BCUT2D eigenvalue weighted by Crippen LogP contribution is 2.19. The number of carboxylic acids is 3. The van der Waals surface area contributed by atoms with Gasteiger partial charge >= 0.3 is 17.9 Å². The van der Waals surface area contributed by atoms with Gasteiger partial charge in [-0.05, 0) is 32.1 Å². The molecule has 16 nitrogen and oxygen atoms in total. The first-order valence-electron chi connectivity index (χ1n) is 11.2. The Morgan fingerprint density at radius 3 is 2.19 bits per heavy atom. The SMILES string of the molecule is NC(N)=NCCCC(NC(=O)C1CCCN1C(=O)C(N)CC(=O)O)C(=O)NC(CCC(=O)O)C(=O)O. The summed E-state index contributed by atoms with van der Waals surface area (Å²) in [4.78, 5) is 76.5. The van der Waals surface area contributed by atoms with E-state index in [1.165, 1.54) is 0 Å². The van der Waals surface area contributed by atoms with E-state index in [9.17, 15) is 33.9 Å². The molecule has 16 heteroatoms. The molecule has 1 rings (SSSR count). The van der Waals surface area contributed by atoms with Crippen molar-refractivity contribution in [2.45, 2.75) is 69.1 Å². The van der Waals surface area contributed by atoms with Gasteiger partial charge in [0.05, 0.1) is 12.5 Å². The van der Waals surface area contributed by atoms with Gasteiger partial charge in [-0.15, -0.1) is 0 Å². The van der Waals surface area contributed by atoms with Crippen LogP contribution in [0.2, 0.25) is 0 Å². The Bertz CT molecular complexity index is 876. The average molecular weight is 516 g/mol. The standard InChI is InChI=1S/C20H33N7O9/c21-10(9-15(30)31)18(34)27-8-2-4-13(27)17(33)25-11(3-1-7-24-20(22)23)16(32)26-12(19(35)36)5-6-14(28)29/h10-13H,1-9,21H2,(H,25,33)(H,26,32)(H,28,29)(H,30,31)(H,35,36)(H4,22,23,24). The minimum absolute atomic E-state index is 0.00117. The third-order valence-corrected chi connectivity index (χ3v) is 5.39. The Hall–Kier alpha value is -3.95. The van der Waals surface area contributed by atoms with Gasteiger partial charge in [0.15, 0.2) is 5.96 Å². The number of hydrogen-bond donors (Lipinski definition) is 8. The lowest BCUT2D eigenvalue weighted by molar-refractivity contribution is -0.144. The molecular formula is C20H33N7O9. The highest BCUT2D eigenvalue weighted by Gasteiger charge is 2.38. The van der Waals surface area contributed by atoms with Crippen LogP contribution in [0.25, 0.3) is 0 Å². The Morgan fingerprint density at radius 1 is 0.972 bits per heavy atom. The van der Waals surface area contributed by atoms with Crippen molar-refractivity contribution in [3.05, 3.63) is 0 Å². The summed E-state index contributed by atoms with van der Waals surface area (Å²) in [6.45, 7) is 0.281. The number of carbonyl (C=O) groups excluding carboxylic acids is 3. The number of nitrogens with one attached hydrogen (secondary N) is 2. The largest absolute Gasteiger partial charge is 0.481 e.